The topological polar surface area (TPSA) is 82.1 Å². The fourth-order valence-electron chi connectivity index (χ4n) is 4.93. The SMILES string of the molecule is CCCC[Si](C)(C)O[Si](C)(C)CCCOCCOC(=O)C1C2C=CC(C2)C1C(=O)O. The van der Waals surface area contributed by atoms with Crippen LogP contribution in [-0.2, 0) is 23.2 Å². The van der Waals surface area contributed by atoms with Gasteiger partial charge in [0, 0.05) is 6.61 Å². The lowest BCUT2D eigenvalue weighted by molar-refractivity contribution is -0.159. The van der Waals surface area contributed by atoms with Gasteiger partial charge >= 0.3 is 11.9 Å². The number of ether oxygens (including phenoxy) is 2. The van der Waals surface area contributed by atoms with Crippen LogP contribution in [0.3, 0.4) is 0 Å². The molecule has 0 spiro atoms. The van der Waals surface area contributed by atoms with Crippen LogP contribution in [0.1, 0.15) is 32.6 Å². The van der Waals surface area contributed by atoms with Crippen molar-refractivity contribution in [3.05, 3.63) is 12.2 Å². The molecule has 8 heteroatoms. The normalized spacial score (nSPS) is 25.6. The van der Waals surface area contributed by atoms with E-state index in [4.69, 9.17) is 13.6 Å². The molecular formula is C22H40O6Si2. The van der Waals surface area contributed by atoms with Crippen LogP contribution in [0.5, 0.6) is 0 Å². The van der Waals surface area contributed by atoms with Gasteiger partial charge in [-0.3, -0.25) is 9.59 Å². The third-order valence-electron chi connectivity index (χ3n) is 6.24. The molecule has 0 amide bonds. The standard InChI is InChI=1S/C22H40O6Si2/c1-6-7-14-29(2,3)28-30(4,5)15-8-11-26-12-13-27-22(25)20-18-10-9-17(16-18)19(20)21(23)24/h9-10,17-20H,6-8,11-16H2,1-5H3,(H,23,24). The third kappa shape index (κ3) is 7.32. The van der Waals surface area contributed by atoms with Crippen molar-refractivity contribution in [1.82, 2.24) is 0 Å². The van der Waals surface area contributed by atoms with Gasteiger partial charge in [-0.05, 0) is 63.0 Å². The Bertz CT molecular complexity index is 619. The van der Waals surface area contributed by atoms with Crippen molar-refractivity contribution in [1.29, 1.82) is 0 Å². The number of unbranched alkanes of at least 4 members (excludes halogenated alkanes) is 1. The Kier molecular flexibility index (Phi) is 9.33. The van der Waals surface area contributed by atoms with Gasteiger partial charge in [0.2, 0.25) is 0 Å². The highest BCUT2D eigenvalue weighted by atomic mass is 28.4. The summed E-state index contributed by atoms with van der Waals surface area (Å²) < 4.78 is 17.6. The zero-order valence-corrected chi connectivity index (χ0v) is 21.3. The van der Waals surface area contributed by atoms with E-state index in [0.29, 0.717) is 13.2 Å². The van der Waals surface area contributed by atoms with Crippen molar-refractivity contribution in [2.24, 2.45) is 23.7 Å². The fraction of sp³-hybridized carbons (Fsp3) is 0.818. The smallest absolute Gasteiger partial charge is 0.310 e. The van der Waals surface area contributed by atoms with E-state index in [0.717, 1.165) is 18.9 Å². The minimum absolute atomic E-state index is 0.00170. The van der Waals surface area contributed by atoms with E-state index >= 15 is 0 Å². The highest BCUT2D eigenvalue weighted by Gasteiger charge is 2.52. The van der Waals surface area contributed by atoms with Gasteiger partial charge in [-0.25, -0.2) is 0 Å². The quantitative estimate of drug-likeness (QED) is 0.177. The maximum absolute atomic E-state index is 12.4. The van der Waals surface area contributed by atoms with Crippen LogP contribution in [0.15, 0.2) is 12.2 Å². The number of aliphatic carboxylic acids is 1. The molecule has 2 rings (SSSR count). The zero-order valence-electron chi connectivity index (χ0n) is 19.3. The minimum Gasteiger partial charge on any atom is -0.481 e. The van der Waals surface area contributed by atoms with E-state index in [1.807, 2.05) is 12.2 Å². The number of fused-ring (bicyclic) bond motifs is 2. The molecule has 1 fully saturated rings. The van der Waals surface area contributed by atoms with Crippen LogP contribution in [-0.4, -0.2) is 53.5 Å². The van der Waals surface area contributed by atoms with E-state index in [2.05, 4.69) is 33.1 Å². The predicted molar refractivity (Wildman–Crippen MR) is 122 cm³/mol. The lowest BCUT2D eigenvalue weighted by Crippen LogP contribution is -2.44. The number of carbonyl (C=O) groups is 2. The van der Waals surface area contributed by atoms with E-state index in [1.54, 1.807) is 0 Å². The van der Waals surface area contributed by atoms with Crippen LogP contribution in [0.4, 0.5) is 0 Å². The molecule has 4 unspecified atom stereocenters. The van der Waals surface area contributed by atoms with Crippen molar-refractivity contribution in [2.75, 3.05) is 19.8 Å². The van der Waals surface area contributed by atoms with Gasteiger partial charge in [-0.2, -0.15) is 0 Å². The summed E-state index contributed by atoms with van der Waals surface area (Å²) in [5, 5.41) is 9.43. The Morgan fingerprint density at radius 3 is 2.13 bits per heavy atom. The molecule has 0 aromatic carbocycles. The molecule has 0 radical (unpaired) electrons. The van der Waals surface area contributed by atoms with E-state index in [1.165, 1.54) is 18.9 Å². The zero-order chi connectivity index (χ0) is 22.4. The minimum atomic E-state index is -1.68. The number of hydrogen-bond acceptors (Lipinski definition) is 5. The first-order valence-corrected chi connectivity index (χ1v) is 17.6. The second-order valence-corrected chi connectivity index (χ2v) is 18.8. The number of carbonyl (C=O) groups excluding carboxylic acids is 1. The van der Waals surface area contributed by atoms with Gasteiger partial charge in [0.1, 0.15) is 6.61 Å². The molecule has 172 valence electrons. The lowest BCUT2D eigenvalue weighted by Gasteiger charge is -2.34. The first-order chi connectivity index (χ1) is 14.1. The van der Waals surface area contributed by atoms with E-state index < -0.39 is 40.4 Å². The second-order valence-electron chi connectivity index (χ2n) is 9.95. The van der Waals surface area contributed by atoms with Crippen LogP contribution in [0.2, 0.25) is 38.3 Å². The van der Waals surface area contributed by atoms with Crippen molar-refractivity contribution < 1.29 is 28.3 Å². The van der Waals surface area contributed by atoms with Gasteiger partial charge in [0.05, 0.1) is 18.4 Å². The Balaban J connectivity index is 1.60. The largest absolute Gasteiger partial charge is 0.481 e. The second kappa shape index (κ2) is 11.1. The summed E-state index contributed by atoms with van der Waals surface area (Å²) in [5.74, 6) is -2.54. The Morgan fingerprint density at radius 1 is 0.933 bits per heavy atom. The first kappa shape index (κ1) is 25.3. The van der Waals surface area contributed by atoms with Crippen molar-refractivity contribution in [2.45, 2.75) is 70.9 Å². The average molecular weight is 457 g/mol. The van der Waals surface area contributed by atoms with Crippen molar-refractivity contribution in [3.63, 3.8) is 0 Å². The van der Waals surface area contributed by atoms with Crippen molar-refractivity contribution in [3.8, 4) is 0 Å². The van der Waals surface area contributed by atoms with Crippen LogP contribution in [0, 0.1) is 23.7 Å². The summed E-state index contributed by atoms with van der Waals surface area (Å²) in [6.07, 6.45) is 8.05. The van der Waals surface area contributed by atoms with Crippen LogP contribution >= 0.6 is 0 Å². The van der Waals surface area contributed by atoms with Gasteiger partial charge in [0.15, 0.2) is 16.6 Å². The fourth-order valence-corrected chi connectivity index (χ4v) is 13.9. The summed E-state index contributed by atoms with van der Waals surface area (Å²) in [6, 6.07) is 2.29. The van der Waals surface area contributed by atoms with Crippen LogP contribution < -0.4 is 0 Å². The number of carboxylic acids is 1. The van der Waals surface area contributed by atoms with Gasteiger partial charge < -0.3 is 18.7 Å². The number of carboxylic acid groups (broad SMARTS) is 1. The molecule has 0 saturated heterocycles. The highest BCUT2D eigenvalue weighted by Crippen LogP contribution is 2.48. The number of esters is 1. The molecule has 0 aromatic heterocycles. The molecule has 1 N–H and O–H groups in total. The Hall–Kier alpha value is -0.966. The number of allylic oxidation sites excluding steroid dienone is 2. The van der Waals surface area contributed by atoms with Gasteiger partial charge in [0.25, 0.3) is 0 Å². The Labute approximate surface area is 183 Å². The molecule has 0 aliphatic heterocycles. The lowest BCUT2D eigenvalue weighted by atomic mass is 9.83. The first-order valence-electron chi connectivity index (χ1n) is 11.4. The number of hydrogen-bond donors (Lipinski definition) is 1. The molecule has 2 bridgehead atoms. The predicted octanol–water partition coefficient (Wildman–Crippen LogP) is 4.69. The van der Waals surface area contributed by atoms with Crippen LogP contribution in [0.25, 0.3) is 0 Å². The molecule has 6 nitrogen and oxygen atoms in total. The average Bonchev–Trinajstić information content (AvgIpc) is 3.26. The summed E-state index contributed by atoms with van der Waals surface area (Å²) >= 11 is 0. The van der Waals surface area contributed by atoms with Gasteiger partial charge in [-0.1, -0.05) is 31.9 Å². The summed E-state index contributed by atoms with van der Waals surface area (Å²) in [5.41, 5.74) is 0. The molecule has 2 aliphatic carbocycles. The molecule has 1 saturated carbocycles. The summed E-state index contributed by atoms with van der Waals surface area (Å²) in [7, 11) is -3.25. The summed E-state index contributed by atoms with van der Waals surface area (Å²) in [4.78, 5) is 23.9. The number of rotatable bonds is 14. The van der Waals surface area contributed by atoms with Crippen molar-refractivity contribution >= 4 is 28.6 Å². The molecule has 0 heterocycles. The highest BCUT2D eigenvalue weighted by molar-refractivity contribution is 6.84. The van der Waals surface area contributed by atoms with Gasteiger partial charge in [-0.15, -0.1) is 0 Å². The Morgan fingerprint density at radius 2 is 1.53 bits per heavy atom. The monoisotopic (exact) mass is 456 g/mol. The van der Waals surface area contributed by atoms with E-state index in [9.17, 15) is 14.7 Å². The summed E-state index contributed by atoms with van der Waals surface area (Å²) in [6.45, 7) is 12.6. The third-order valence-corrected chi connectivity index (χ3v) is 13.8. The maximum Gasteiger partial charge on any atom is 0.310 e. The molecule has 4 atom stereocenters. The molecule has 2 aliphatic rings. The molecule has 30 heavy (non-hydrogen) atoms. The van der Waals surface area contributed by atoms with E-state index in [-0.39, 0.29) is 18.4 Å². The maximum atomic E-state index is 12.4. The molecular weight excluding hydrogens is 416 g/mol. The molecule has 0 aromatic rings.